The van der Waals surface area contributed by atoms with Crippen molar-refractivity contribution in [3.05, 3.63) is 42.0 Å². The van der Waals surface area contributed by atoms with Crippen molar-refractivity contribution in [2.75, 3.05) is 12.4 Å². The number of ether oxygens (including phenoxy) is 1. The highest BCUT2D eigenvalue weighted by molar-refractivity contribution is 7.65. The lowest BCUT2D eigenvalue weighted by molar-refractivity contribution is -0.117. The van der Waals surface area contributed by atoms with E-state index in [0.29, 0.717) is 40.3 Å². The van der Waals surface area contributed by atoms with Gasteiger partial charge in [0.05, 0.1) is 41.5 Å². The van der Waals surface area contributed by atoms with Crippen LogP contribution >= 0.6 is 11.3 Å². The number of rotatable bonds is 7. The summed E-state index contributed by atoms with van der Waals surface area (Å²) in [5.41, 5.74) is 3.03. The predicted octanol–water partition coefficient (Wildman–Crippen LogP) is 4.80. The zero-order valence-corrected chi connectivity index (χ0v) is 17.5. The highest BCUT2D eigenvalue weighted by Gasteiger charge is 2.21. The molecule has 0 bridgehead atoms. The monoisotopic (exact) mass is 426 g/mol. The number of benzene rings is 1. The number of carbonyl (C=O) groups excluding carboxylic acids is 1. The van der Waals surface area contributed by atoms with Gasteiger partial charge < -0.3 is 10.1 Å². The molecule has 1 fully saturated rings. The molecule has 2 aromatic heterocycles. The molecule has 148 valence electrons. The minimum absolute atomic E-state index is 0.0716. The molecule has 8 heteroatoms. The Bertz CT molecular complexity index is 1050. The summed E-state index contributed by atoms with van der Waals surface area (Å²) >= 11 is 1.91. The minimum Gasteiger partial charge on any atom is -0.491 e. The molecule has 3 aromatic rings. The summed E-state index contributed by atoms with van der Waals surface area (Å²) < 4.78 is 16.4. The summed E-state index contributed by atoms with van der Waals surface area (Å²) in [6.07, 6.45) is 7.53. The summed E-state index contributed by atoms with van der Waals surface area (Å²) in [6, 6.07) is 7.27. The number of nitrogens with zero attached hydrogens (tertiary/aromatic N) is 2. The number of thiophene rings is 1. The number of nitrogens with one attached hydrogen (secondary N) is 1. The smallest absolute Gasteiger partial charge is 0.491 e. The molecule has 0 atom stereocenters. The van der Waals surface area contributed by atoms with Crippen LogP contribution in [0.15, 0.2) is 46.9 Å². The number of hydrogen-bond donors (Lipinski definition) is 1. The van der Waals surface area contributed by atoms with E-state index >= 15 is 0 Å². The van der Waals surface area contributed by atoms with Crippen molar-refractivity contribution in [2.24, 2.45) is 5.92 Å². The molecule has 0 saturated heterocycles. The van der Waals surface area contributed by atoms with Gasteiger partial charge in [0.15, 0.2) is 5.75 Å². The summed E-state index contributed by atoms with van der Waals surface area (Å²) in [7, 11) is 1.54. The first kappa shape index (κ1) is 19.6. The Morgan fingerprint density at radius 3 is 2.83 bits per heavy atom. The number of carbonyl (C=O) groups is 1. The number of methoxy groups -OCH3 is 1. The molecular formula is C21H20N3O3S2+. The number of anilines is 1. The molecule has 1 N–H and O–H groups in total. The van der Waals surface area contributed by atoms with E-state index in [4.69, 9.17) is 9.72 Å². The second-order valence-electron chi connectivity index (χ2n) is 6.99. The van der Waals surface area contributed by atoms with Gasteiger partial charge in [-0.25, -0.2) is 4.98 Å². The molecule has 2 heterocycles. The van der Waals surface area contributed by atoms with Gasteiger partial charge in [0.2, 0.25) is 5.91 Å². The van der Waals surface area contributed by atoms with Crippen LogP contribution in [0.2, 0.25) is 0 Å². The molecule has 0 unspecified atom stereocenters. The van der Waals surface area contributed by atoms with Gasteiger partial charge in [0.1, 0.15) is 0 Å². The fourth-order valence-electron chi connectivity index (χ4n) is 3.23. The molecule has 0 aliphatic heterocycles. The van der Waals surface area contributed by atoms with Crippen LogP contribution in [0, 0.1) is 5.92 Å². The van der Waals surface area contributed by atoms with Gasteiger partial charge in [0, 0.05) is 27.6 Å². The highest BCUT2D eigenvalue weighted by atomic mass is 32.1. The maximum Gasteiger partial charge on any atom is 0.509 e. The molecule has 1 amide bonds. The second-order valence-corrected chi connectivity index (χ2v) is 8.51. The summed E-state index contributed by atoms with van der Waals surface area (Å²) in [5, 5.41) is 4.90. The number of amides is 1. The third kappa shape index (κ3) is 4.49. The van der Waals surface area contributed by atoms with Gasteiger partial charge in [-0.3, -0.25) is 9.78 Å². The first-order valence-corrected chi connectivity index (χ1v) is 11.0. The lowest BCUT2D eigenvalue weighted by Crippen LogP contribution is -2.20. The zero-order valence-electron chi connectivity index (χ0n) is 15.9. The molecule has 1 saturated carbocycles. The topological polar surface area (TPSA) is 81.2 Å². The standard InChI is InChI=1S/C21H19N3O3S2/c1-27-18-8-14(5-6-19(18)29-26)16-10-22-11-17(24-16)20-9-15(12-28-20)23-21(25)7-13-3-2-4-13/h5-6,8-13H,2-4,7H2,1H3/p+1. The van der Waals surface area contributed by atoms with Gasteiger partial charge in [-0.2, -0.15) is 0 Å². The maximum atomic E-state index is 12.1. The van der Waals surface area contributed by atoms with Gasteiger partial charge in [0.25, 0.3) is 0 Å². The predicted molar refractivity (Wildman–Crippen MR) is 114 cm³/mol. The van der Waals surface area contributed by atoms with E-state index in [9.17, 15) is 9.00 Å². The van der Waals surface area contributed by atoms with E-state index in [2.05, 4.69) is 10.3 Å². The van der Waals surface area contributed by atoms with E-state index in [0.717, 1.165) is 34.7 Å². The van der Waals surface area contributed by atoms with Gasteiger partial charge in [-0.05, 0) is 37.0 Å². The number of hydrogen-bond acceptors (Lipinski definition) is 6. The van der Waals surface area contributed by atoms with Crippen molar-refractivity contribution in [1.29, 1.82) is 0 Å². The summed E-state index contributed by atoms with van der Waals surface area (Å²) in [4.78, 5) is 22.6. The highest BCUT2D eigenvalue weighted by Crippen LogP contribution is 2.32. The molecule has 4 rings (SSSR count). The quantitative estimate of drug-likeness (QED) is 0.549. The first-order valence-electron chi connectivity index (χ1n) is 9.35. The maximum absolute atomic E-state index is 12.1. The largest absolute Gasteiger partial charge is 0.509 e. The molecule has 1 aliphatic carbocycles. The normalized spacial score (nSPS) is 13.6. The van der Waals surface area contributed by atoms with Crippen LogP contribution in [0.5, 0.6) is 5.75 Å². The Labute approximate surface area is 176 Å². The zero-order chi connectivity index (χ0) is 20.2. The lowest BCUT2D eigenvalue weighted by Gasteiger charge is -2.24. The average Bonchev–Trinajstić information content (AvgIpc) is 3.18. The molecule has 6 nitrogen and oxygen atoms in total. The number of aromatic nitrogens is 2. The Kier molecular flexibility index (Phi) is 5.92. The van der Waals surface area contributed by atoms with Gasteiger partial charge >= 0.3 is 16.6 Å². The van der Waals surface area contributed by atoms with Crippen molar-refractivity contribution in [2.45, 2.75) is 30.6 Å². The van der Waals surface area contributed by atoms with Gasteiger partial charge in [-0.15, -0.1) is 11.3 Å². The molecule has 0 radical (unpaired) electrons. The van der Waals surface area contributed by atoms with Gasteiger partial charge in [-0.1, -0.05) is 6.42 Å². The first-order chi connectivity index (χ1) is 14.2. The van der Waals surface area contributed by atoms with Crippen LogP contribution in [0.1, 0.15) is 25.7 Å². The molecular weight excluding hydrogens is 406 g/mol. The molecule has 29 heavy (non-hydrogen) atoms. The van der Waals surface area contributed by atoms with Crippen LogP contribution in [0.25, 0.3) is 21.8 Å². The fourth-order valence-corrected chi connectivity index (χ4v) is 4.37. The lowest BCUT2D eigenvalue weighted by atomic mass is 9.83. The summed E-state index contributed by atoms with van der Waals surface area (Å²) in [6.45, 7) is 0. The SMILES string of the molecule is COc1cc(-c2cncc(-c3cc(NC(=O)CC4CCC4)cs3)n2)ccc1[S+]=O. The van der Waals surface area contributed by atoms with E-state index in [1.807, 2.05) is 17.5 Å². The van der Waals surface area contributed by atoms with Crippen LogP contribution in [0.3, 0.4) is 0 Å². The van der Waals surface area contributed by atoms with Crippen molar-refractivity contribution in [3.63, 3.8) is 0 Å². The second kappa shape index (κ2) is 8.75. The minimum atomic E-state index is 0.0716. The summed E-state index contributed by atoms with van der Waals surface area (Å²) in [5.74, 6) is 1.13. The Hall–Kier alpha value is -2.71. The van der Waals surface area contributed by atoms with Crippen LogP contribution in [-0.4, -0.2) is 23.0 Å². The van der Waals surface area contributed by atoms with Crippen molar-refractivity contribution in [3.8, 4) is 27.6 Å². The molecule has 1 aromatic carbocycles. The van der Waals surface area contributed by atoms with E-state index < -0.39 is 0 Å². The van der Waals surface area contributed by atoms with Crippen molar-refractivity contribution < 1.29 is 13.7 Å². The van der Waals surface area contributed by atoms with E-state index in [-0.39, 0.29) is 5.91 Å². The van der Waals surface area contributed by atoms with Crippen molar-refractivity contribution >= 4 is 34.6 Å². The third-order valence-electron chi connectivity index (χ3n) is 5.02. The van der Waals surface area contributed by atoms with Crippen LogP contribution in [0.4, 0.5) is 5.69 Å². The Morgan fingerprint density at radius 1 is 1.28 bits per heavy atom. The molecule has 1 aliphatic rings. The van der Waals surface area contributed by atoms with E-state index in [1.54, 1.807) is 24.5 Å². The van der Waals surface area contributed by atoms with Crippen LogP contribution < -0.4 is 10.1 Å². The van der Waals surface area contributed by atoms with Crippen LogP contribution in [-0.2, 0) is 20.7 Å². The Morgan fingerprint density at radius 2 is 2.10 bits per heavy atom. The van der Waals surface area contributed by atoms with Crippen molar-refractivity contribution in [1.82, 2.24) is 9.97 Å². The third-order valence-corrected chi connectivity index (χ3v) is 6.49. The average molecular weight is 427 g/mol. The fraction of sp³-hybridized carbons (Fsp3) is 0.286. The Balaban J connectivity index is 1.52. The van der Waals surface area contributed by atoms with E-state index in [1.165, 1.54) is 24.9 Å². The molecule has 0 spiro atoms.